The lowest BCUT2D eigenvalue weighted by molar-refractivity contribution is -0.121. The summed E-state index contributed by atoms with van der Waals surface area (Å²) in [5.74, 6) is 0.797. The molecule has 0 atom stereocenters. The van der Waals surface area contributed by atoms with Crippen LogP contribution in [0.5, 0.6) is 0 Å². The molecular weight excluding hydrogens is 312 g/mol. The summed E-state index contributed by atoms with van der Waals surface area (Å²) in [4.78, 5) is 11.9. The van der Waals surface area contributed by atoms with Crippen LogP contribution in [0.2, 0.25) is 0 Å². The van der Waals surface area contributed by atoms with Crippen LogP contribution in [0.25, 0.3) is 0 Å². The van der Waals surface area contributed by atoms with E-state index in [0.717, 1.165) is 23.5 Å². The lowest BCUT2D eigenvalue weighted by Gasteiger charge is -2.09. The maximum atomic E-state index is 11.9. The highest BCUT2D eigenvalue weighted by Crippen LogP contribution is 2.28. The fourth-order valence-corrected chi connectivity index (χ4v) is 3.74. The summed E-state index contributed by atoms with van der Waals surface area (Å²) in [5.41, 5.74) is 1.71. The minimum Gasteiger partial charge on any atom is -0.352 e. The van der Waals surface area contributed by atoms with Crippen molar-refractivity contribution in [2.24, 2.45) is 5.92 Å². The molecule has 23 heavy (non-hydrogen) atoms. The average Bonchev–Trinajstić information content (AvgIpc) is 3.05. The Bertz CT molecular complexity index is 605. The molecular formula is C17H26N2O3S. The van der Waals surface area contributed by atoms with Gasteiger partial charge in [0.2, 0.25) is 15.9 Å². The Morgan fingerprint density at radius 2 is 1.74 bits per heavy atom. The molecule has 0 aromatic heterocycles. The number of benzene rings is 1. The molecule has 0 bridgehead atoms. The van der Waals surface area contributed by atoms with Crippen molar-refractivity contribution in [3.8, 4) is 0 Å². The molecule has 0 spiro atoms. The zero-order chi connectivity index (χ0) is 16.7. The summed E-state index contributed by atoms with van der Waals surface area (Å²) in [5, 5.41) is 2.93. The van der Waals surface area contributed by atoms with Crippen LogP contribution >= 0.6 is 0 Å². The first kappa shape index (κ1) is 17.9. The second-order valence-electron chi connectivity index (χ2n) is 6.25. The second kappa shape index (κ2) is 8.45. The van der Waals surface area contributed by atoms with Crippen molar-refractivity contribution in [2.45, 2.75) is 50.8 Å². The largest absolute Gasteiger partial charge is 0.352 e. The third-order valence-electron chi connectivity index (χ3n) is 4.43. The Morgan fingerprint density at radius 1 is 1.13 bits per heavy atom. The van der Waals surface area contributed by atoms with Gasteiger partial charge in [-0.15, -0.1) is 0 Å². The number of nitrogens with one attached hydrogen (secondary N) is 2. The number of rotatable bonds is 8. The van der Waals surface area contributed by atoms with Crippen molar-refractivity contribution in [3.63, 3.8) is 0 Å². The van der Waals surface area contributed by atoms with Gasteiger partial charge in [-0.05, 0) is 30.5 Å². The third-order valence-corrected chi connectivity index (χ3v) is 5.77. The summed E-state index contributed by atoms with van der Waals surface area (Å²) in [7, 11) is -1.84. The van der Waals surface area contributed by atoms with E-state index in [1.54, 1.807) is 12.1 Å². The molecule has 1 aliphatic carbocycles. The molecule has 1 fully saturated rings. The van der Waals surface area contributed by atoms with Crippen molar-refractivity contribution < 1.29 is 13.2 Å². The van der Waals surface area contributed by atoms with Crippen LogP contribution in [0.4, 0.5) is 0 Å². The highest BCUT2D eigenvalue weighted by molar-refractivity contribution is 7.88. The molecule has 2 N–H and O–H groups in total. The zero-order valence-electron chi connectivity index (χ0n) is 13.7. The van der Waals surface area contributed by atoms with E-state index in [0.29, 0.717) is 13.0 Å². The Kier molecular flexibility index (Phi) is 6.59. The number of hydrogen-bond acceptors (Lipinski definition) is 3. The molecule has 1 aliphatic rings. The number of hydrogen-bond donors (Lipinski definition) is 2. The van der Waals surface area contributed by atoms with Crippen molar-refractivity contribution >= 4 is 15.9 Å². The highest BCUT2D eigenvalue weighted by Gasteiger charge is 2.16. The normalized spacial score (nSPS) is 15.7. The maximum absolute atomic E-state index is 11.9. The van der Waals surface area contributed by atoms with E-state index in [4.69, 9.17) is 0 Å². The summed E-state index contributed by atoms with van der Waals surface area (Å²) in [6.07, 6.45) is 6.74. The van der Waals surface area contributed by atoms with E-state index in [1.165, 1.54) is 32.7 Å². The molecule has 0 heterocycles. The first-order valence-corrected chi connectivity index (χ1v) is 9.89. The number of amides is 1. The fourth-order valence-electron chi connectivity index (χ4n) is 2.97. The first-order valence-electron chi connectivity index (χ1n) is 8.24. The molecule has 1 saturated carbocycles. The molecule has 1 amide bonds. The van der Waals surface area contributed by atoms with Crippen LogP contribution in [0.3, 0.4) is 0 Å². The quantitative estimate of drug-likeness (QED) is 0.764. The van der Waals surface area contributed by atoms with Crippen LogP contribution in [0.1, 0.15) is 49.7 Å². The molecule has 6 heteroatoms. The average molecular weight is 338 g/mol. The van der Waals surface area contributed by atoms with Gasteiger partial charge in [0, 0.05) is 13.0 Å². The van der Waals surface area contributed by atoms with Gasteiger partial charge in [-0.25, -0.2) is 13.1 Å². The standard InChI is InChI=1S/C17H26N2O3S/c1-18-23(21,22)13-16-8-6-15(7-9-16)12-19-17(20)11-10-14-4-2-3-5-14/h6-9,14,18H,2-5,10-13H2,1H3,(H,19,20). The molecule has 2 rings (SSSR count). The van der Waals surface area contributed by atoms with Gasteiger partial charge < -0.3 is 5.32 Å². The van der Waals surface area contributed by atoms with Gasteiger partial charge >= 0.3 is 0 Å². The molecule has 0 unspecified atom stereocenters. The Balaban J connectivity index is 1.73. The lowest BCUT2D eigenvalue weighted by Crippen LogP contribution is -2.23. The van der Waals surface area contributed by atoms with Crippen LogP contribution < -0.4 is 10.0 Å². The van der Waals surface area contributed by atoms with Gasteiger partial charge in [0.05, 0.1) is 5.75 Å². The molecule has 0 saturated heterocycles. The predicted molar refractivity (Wildman–Crippen MR) is 91.2 cm³/mol. The van der Waals surface area contributed by atoms with Gasteiger partial charge in [-0.1, -0.05) is 49.9 Å². The van der Waals surface area contributed by atoms with Gasteiger partial charge in [0.15, 0.2) is 0 Å². The van der Waals surface area contributed by atoms with Gasteiger partial charge in [-0.3, -0.25) is 4.79 Å². The van der Waals surface area contributed by atoms with Crippen molar-refractivity contribution in [1.82, 2.24) is 10.0 Å². The molecule has 0 aliphatic heterocycles. The van der Waals surface area contributed by atoms with Gasteiger partial charge in [0.25, 0.3) is 0 Å². The maximum Gasteiger partial charge on any atom is 0.220 e. The number of carbonyl (C=O) groups excluding carboxylic acids is 1. The number of sulfonamides is 1. The van der Waals surface area contributed by atoms with E-state index in [-0.39, 0.29) is 11.7 Å². The summed E-state index contributed by atoms with van der Waals surface area (Å²) < 4.78 is 25.3. The summed E-state index contributed by atoms with van der Waals surface area (Å²) in [6.45, 7) is 0.489. The van der Waals surface area contributed by atoms with Gasteiger partial charge in [-0.2, -0.15) is 0 Å². The van der Waals surface area contributed by atoms with Crippen molar-refractivity contribution in [1.29, 1.82) is 0 Å². The molecule has 1 aromatic rings. The Morgan fingerprint density at radius 3 is 2.35 bits per heavy atom. The van der Waals surface area contributed by atoms with E-state index in [2.05, 4.69) is 10.0 Å². The lowest BCUT2D eigenvalue weighted by atomic mass is 10.0. The van der Waals surface area contributed by atoms with Crippen LogP contribution in [0, 0.1) is 5.92 Å². The van der Waals surface area contributed by atoms with Crippen molar-refractivity contribution in [2.75, 3.05) is 7.05 Å². The van der Waals surface area contributed by atoms with Crippen LogP contribution in [-0.4, -0.2) is 21.4 Å². The monoisotopic (exact) mass is 338 g/mol. The van der Waals surface area contributed by atoms with Crippen molar-refractivity contribution in [3.05, 3.63) is 35.4 Å². The van der Waals surface area contributed by atoms with Crippen LogP contribution in [-0.2, 0) is 27.1 Å². The topological polar surface area (TPSA) is 75.3 Å². The molecule has 5 nitrogen and oxygen atoms in total. The second-order valence-corrected chi connectivity index (χ2v) is 8.17. The van der Waals surface area contributed by atoms with E-state index in [9.17, 15) is 13.2 Å². The molecule has 0 radical (unpaired) electrons. The molecule has 128 valence electrons. The minimum atomic E-state index is -3.25. The summed E-state index contributed by atoms with van der Waals surface area (Å²) in [6, 6.07) is 7.29. The van der Waals surface area contributed by atoms with Crippen LogP contribution in [0.15, 0.2) is 24.3 Å². The van der Waals surface area contributed by atoms with Gasteiger partial charge in [0.1, 0.15) is 0 Å². The number of carbonyl (C=O) groups is 1. The zero-order valence-corrected chi connectivity index (χ0v) is 14.5. The van der Waals surface area contributed by atoms with E-state index in [1.807, 2.05) is 12.1 Å². The Hall–Kier alpha value is -1.40. The predicted octanol–water partition coefficient (Wildman–Crippen LogP) is 2.32. The smallest absolute Gasteiger partial charge is 0.220 e. The first-order chi connectivity index (χ1) is 11.0. The van der Waals surface area contributed by atoms with E-state index < -0.39 is 10.0 Å². The minimum absolute atomic E-state index is 0.0302. The Labute approximate surface area is 138 Å². The highest BCUT2D eigenvalue weighted by atomic mass is 32.2. The SMILES string of the molecule is CNS(=O)(=O)Cc1ccc(CNC(=O)CCC2CCCC2)cc1. The molecule has 1 aromatic carbocycles. The third kappa shape index (κ3) is 6.31. The van der Waals surface area contributed by atoms with E-state index >= 15 is 0 Å². The summed E-state index contributed by atoms with van der Waals surface area (Å²) >= 11 is 0. The fraction of sp³-hybridized carbons (Fsp3) is 0.588.